The molecule has 0 aliphatic heterocycles. The quantitative estimate of drug-likeness (QED) is 0.820. The fourth-order valence-corrected chi connectivity index (χ4v) is 2.10. The zero-order valence-electron chi connectivity index (χ0n) is 12.8. The second kappa shape index (κ2) is 6.93. The Morgan fingerprint density at radius 2 is 1.38 bits per heavy atom. The van der Waals surface area contributed by atoms with Crippen molar-refractivity contribution in [2.45, 2.75) is 20.8 Å². The van der Waals surface area contributed by atoms with Crippen LogP contribution in [0.3, 0.4) is 0 Å². The minimum Gasteiger partial charge on any atom is -0.457 e. The van der Waals surface area contributed by atoms with E-state index in [1.54, 1.807) is 4.90 Å². The average Bonchev–Trinajstić information content (AvgIpc) is 2.51. The molecular formula is C18H21NO2. The predicted molar refractivity (Wildman–Crippen MR) is 84.9 cm³/mol. The summed E-state index contributed by atoms with van der Waals surface area (Å²) in [7, 11) is 0. The second-order valence-corrected chi connectivity index (χ2v) is 4.92. The van der Waals surface area contributed by atoms with Crippen LogP contribution in [-0.4, -0.2) is 23.9 Å². The Balaban J connectivity index is 2.08. The summed E-state index contributed by atoms with van der Waals surface area (Å²) < 4.78 is 5.76. The molecule has 0 N–H and O–H groups in total. The van der Waals surface area contributed by atoms with Crippen LogP contribution in [-0.2, 0) is 0 Å². The predicted octanol–water partition coefficient (Wildman–Crippen LogP) is 4.27. The largest absolute Gasteiger partial charge is 0.457 e. The van der Waals surface area contributed by atoms with Crippen LogP contribution in [0.25, 0.3) is 0 Å². The molecule has 0 fully saturated rings. The van der Waals surface area contributed by atoms with Gasteiger partial charge in [0.2, 0.25) is 0 Å². The highest BCUT2D eigenvalue weighted by atomic mass is 16.5. The van der Waals surface area contributed by atoms with Gasteiger partial charge in [0.05, 0.1) is 0 Å². The van der Waals surface area contributed by atoms with Gasteiger partial charge in [-0.3, -0.25) is 4.79 Å². The van der Waals surface area contributed by atoms with E-state index in [0.717, 1.165) is 24.6 Å². The SMILES string of the molecule is CCN(CC)C(=O)c1ccc(Oc2ccc(C)cc2)cc1. The minimum atomic E-state index is 0.0573. The van der Waals surface area contributed by atoms with Gasteiger partial charge in [0, 0.05) is 18.7 Å². The van der Waals surface area contributed by atoms with E-state index in [1.807, 2.05) is 69.3 Å². The molecule has 3 nitrogen and oxygen atoms in total. The highest BCUT2D eigenvalue weighted by Crippen LogP contribution is 2.22. The van der Waals surface area contributed by atoms with Gasteiger partial charge < -0.3 is 9.64 Å². The lowest BCUT2D eigenvalue weighted by Crippen LogP contribution is -2.30. The number of aryl methyl sites for hydroxylation is 1. The first-order chi connectivity index (χ1) is 10.1. The first-order valence-corrected chi connectivity index (χ1v) is 7.28. The summed E-state index contributed by atoms with van der Waals surface area (Å²) in [6, 6.07) is 15.2. The molecule has 110 valence electrons. The Kier molecular flexibility index (Phi) is 4.99. The molecule has 0 saturated heterocycles. The fraction of sp³-hybridized carbons (Fsp3) is 0.278. The summed E-state index contributed by atoms with van der Waals surface area (Å²) in [5, 5.41) is 0. The number of carbonyl (C=O) groups is 1. The van der Waals surface area contributed by atoms with Crippen LogP contribution in [0.1, 0.15) is 29.8 Å². The van der Waals surface area contributed by atoms with Crippen molar-refractivity contribution in [3.05, 3.63) is 59.7 Å². The molecule has 0 bridgehead atoms. The van der Waals surface area contributed by atoms with Crippen LogP contribution in [0.4, 0.5) is 0 Å². The molecule has 0 aliphatic rings. The van der Waals surface area contributed by atoms with E-state index in [2.05, 4.69) is 0 Å². The molecule has 0 unspecified atom stereocenters. The third kappa shape index (κ3) is 3.85. The molecule has 1 amide bonds. The van der Waals surface area contributed by atoms with E-state index in [-0.39, 0.29) is 5.91 Å². The smallest absolute Gasteiger partial charge is 0.253 e. The van der Waals surface area contributed by atoms with Crippen molar-refractivity contribution in [1.29, 1.82) is 0 Å². The van der Waals surface area contributed by atoms with Crippen LogP contribution >= 0.6 is 0 Å². The zero-order chi connectivity index (χ0) is 15.2. The summed E-state index contributed by atoms with van der Waals surface area (Å²) in [5.74, 6) is 1.58. The Labute approximate surface area is 126 Å². The Hall–Kier alpha value is -2.29. The van der Waals surface area contributed by atoms with E-state index >= 15 is 0 Å². The maximum atomic E-state index is 12.2. The first-order valence-electron chi connectivity index (χ1n) is 7.28. The normalized spacial score (nSPS) is 10.2. The number of hydrogen-bond donors (Lipinski definition) is 0. The van der Waals surface area contributed by atoms with Gasteiger partial charge in [0.1, 0.15) is 11.5 Å². The third-order valence-corrected chi connectivity index (χ3v) is 3.41. The van der Waals surface area contributed by atoms with Gasteiger partial charge >= 0.3 is 0 Å². The van der Waals surface area contributed by atoms with Gasteiger partial charge in [-0.1, -0.05) is 17.7 Å². The van der Waals surface area contributed by atoms with Gasteiger partial charge in [-0.05, 0) is 57.2 Å². The molecule has 0 aliphatic carbocycles. The van der Waals surface area contributed by atoms with E-state index in [9.17, 15) is 4.79 Å². The monoisotopic (exact) mass is 283 g/mol. The molecule has 0 radical (unpaired) electrons. The molecule has 0 saturated carbocycles. The molecule has 0 atom stereocenters. The molecular weight excluding hydrogens is 262 g/mol. The zero-order valence-corrected chi connectivity index (χ0v) is 12.8. The molecule has 0 aromatic heterocycles. The number of benzene rings is 2. The molecule has 0 spiro atoms. The van der Waals surface area contributed by atoms with E-state index in [0.29, 0.717) is 5.56 Å². The summed E-state index contributed by atoms with van der Waals surface area (Å²) in [4.78, 5) is 14.0. The molecule has 0 heterocycles. The molecule has 2 aromatic carbocycles. The minimum absolute atomic E-state index is 0.0573. The lowest BCUT2D eigenvalue weighted by atomic mass is 10.2. The van der Waals surface area contributed by atoms with Crippen LogP contribution in [0.15, 0.2) is 48.5 Å². The summed E-state index contributed by atoms with van der Waals surface area (Å²) in [5.41, 5.74) is 1.89. The van der Waals surface area contributed by atoms with Crippen molar-refractivity contribution in [2.75, 3.05) is 13.1 Å². The number of ether oxygens (including phenoxy) is 1. The van der Waals surface area contributed by atoms with Crippen molar-refractivity contribution in [3.63, 3.8) is 0 Å². The Morgan fingerprint density at radius 1 is 0.905 bits per heavy atom. The highest BCUT2D eigenvalue weighted by molar-refractivity contribution is 5.94. The fourth-order valence-electron chi connectivity index (χ4n) is 2.10. The summed E-state index contributed by atoms with van der Waals surface area (Å²) in [6.45, 7) is 7.44. The third-order valence-electron chi connectivity index (χ3n) is 3.41. The van der Waals surface area contributed by atoms with Gasteiger partial charge in [-0.2, -0.15) is 0 Å². The van der Waals surface area contributed by atoms with Gasteiger partial charge in [0.25, 0.3) is 5.91 Å². The number of hydrogen-bond acceptors (Lipinski definition) is 2. The van der Waals surface area contributed by atoms with Crippen molar-refractivity contribution < 1.29 is 9.53 Å². The molecule has 3 heteroatoms. The van der Waals surface area contributed by atoms with Crippen LogP contribution in [0.2, 0.25) is 0 Å². The summed E-state index contributed by atoms with van der Waals surface area (Å²) in [6.07, 6.45) is 0. The number of nitrogens with zero attached hydrogens (tertiary/aromatic N) is 1. The van der Waals surface area contributed by atoms with Gasteiger partial charge in [-0.15, -0.1) is 0 Å². The number of amides is 1. The molecule has 2 aromatic rings. The maximum absolute atomic E-state index is 12.2. The van der Waals surface area contributed by atoms with E-state index in [4.69, 9.17) is 4.74 Å². The Morgan fingerprint density at radius 3 is 1.86 bits per heavy atom. The van der Waals surface area contributed by atoms with Crippen molar-refractivity contribution in [3.8, 4) is 11.5 Å². The highest BCUT2D eigenvalue weighted by Gasteiger charge is 2.12. The standard InChI is InChI=1S/C18H21NO2/c1-4-19(5-2)18(20)15-8-12-17(13-9-15)21-16-10-6-14(3)7-11-16/h6-13H,4-5H2,1-3H3. The van der Waals surface area contributed by atoms with E-state index < -0.39 is 0 Å². The van der Waals surface area contributed by atoms with Gasteiger partial charge in [-0.25, -0.2) is 0 Å². The van der Waals surface area contributed by atoms with E-state index in [1.165, 1.54) is 5.56 Å². The summed E-state index contributed by atoms with van der Waals surface area (Å²) >= 11 is 0. The molecule has 21 heavy (non-hydrogen) atoms. The second-order valence-electron chi connectivity index (χ2n) is 4.92. The first kappa shape index (κ1) is 15.1. The van der Waals surface area contributed by atoms with Gasteiger partial charge in [0.15, 0.2) is 0 Å². The van der Waals surface area contributed by atoms with Crippen molar-refractivity contribution in [2.24, 2.45) is 0 Å². The van der Waals surface area contributed by atoms with Crippen molar-refractivity contribution in [1.82, 2.24) is 4.90 Å². The lowest BCUT2D eigenvalue weighted by Gasteiger charge is -2.18. The topological polar surface area (TPSA) is 29.5 Å². The van der Waals surface area contributed by atoms with Crippen LogP contribution in [0.5, 0.6) is 11.5 Å². The lowest BCUT2D eigenvalue weighted by molar-refractivity contribution is 0.0773. The number of rotatable bonds is 5. The molecule has 2 rings (SSSR count). The van der Waals surface area contributed by atoms with Crippen molar-refractivity contribution >= 4 is 5.91 Å². The maximum Gasteiger partial charge on any atom is 0.253 e. The number of carbonyl (C=O) groups excluding carboxylic acids is 1. The Bertz CT molecular complexity index is 584. The van der Waals surface area contributed by atoms with Crippen LogP contribution < -0.4 is 4.74 Å². The van der Waals surface area contributed by atoms with Crippen LogP contribution in [0, 0.1) is 6.92 Å². The average molecular weight is 283 g/mol.